The highest BCUT2D eigenvalue weighted by Gasteiger charge is 2.25. The summed E-state index contributed by atoms with van der Waals surface area (Å²) in [5.41, 5.74) is 2.11. The van der Waals surface area contributed by atoms with Gasteiger partial charge < -0.3 is 18.9 Å². The summed E-state index contributed by atoms with van der Waals surface area (Å²) >= 11 is 1.71. The minimum atomic E-state index is -0.0169. The molecule has 0 aliphatic rings. The van der Waals surface area contributed by atoms with Crippen LogP contribution in [0.1, 0.15) is 21.9 Å². The molecule has 0 aliphatic carbocycles. The van der Waals surface area contributed by atoms with Crippen LogP contribution < -0.4 is 18.9 Å². The molecule has 3 rings (SSSR count). The Kier molecular flexibility index (Phi) is 5.68. The fourth-order valence-corrected chi connectivity index (χ4v) is 3.90. The molecule has 1 heterocycles. The van der Waals surface area contributed by atoms with Gasteiger partial charge in [0.2, 0.25) is 0 Å². The smallest absolute Gasteiger partial charge is 0.126 e. The van der Waals surface area contributed by atoms with Crippen LogP contribution in [0, 0.1) is 0 Å². The minimum absolute atomic E-state index is 0.0169. The van der Waals surface area contributed by atoms with Crippen molar-refractivity contribution < 1.29 is 18.9 Å². The first-order valence-electron chi connectivity index (χ1n) is 8.19. The molecular weight excluding hydrogens is 348 g/mol. The van der Waals surface area contributed by atoms with Gasteiger partial charge in [0.1, 0.15) is 23.0 Å². The van der Waals surface area contributed by atoms with Gasteiger partial charge in [-0.2, -0.15) is 0 Å². The molecule has 1 aromatic heterocycles. The van der Waals surface area contributed by atoms with Crippen molar-refractivity contribution >= 4 is 11.3 Å². The zero-order valence-corrected chi connectivity index (χ0v) is 16.1. The highest BCUT2D eigenvalue weighted by Crippen LogP contribution is 2.44. The minimum Gasteiger partial charge on any atom is -0.497 e. The monoisotopic (exact) mass is 370 g/mol. The second-order valence-electron chi connectivity index (χ2n) is 5.66. The molecule has 5 heteroatoms. The molecule has 0 aliphatic heterocycles. The first kappa shape index (κ1) is 18.1. The lowest BCUT2D eigenvalue weighted by atomic mass is 9.88. The Balaban J connectivity index is 2.20. The van der Waals surface area contributed by atoms with E-state index in [0.717, 1.165) is 34.1 Å². The van der Waals surface area contributed by atoms with E-state index in [1.165, 1.54) is 4.88 Å². The molecule has 0 atom stereocenters. The third-order valence-electron chi connectivity index (χ3n) is 4.33. The summed E-state index contributed by atoms with van der Waals surface area (Å²) in [5.74, 6) is 3.06. The van der Waals surface area contributed by atoms with Gasteiger partial charge in [-0.1, -0.05) is 18.2 Å². The number of thiophene rings is 1. The van der Waals surface area contributed by atoms with Crippen LogP contribution >= 0.6 is 11.3 Å². The van der Waals surface area contributed by atoms with Gasteiger partial charge in [0.15, 0.2) is 0 Å². The van der Waals surface area contributed by atoms with Gasteiger partial charge in [0.05, 0.1) is 34.4 Å². The molecule has 0 saturated heterocycles. The number of hydrogen-bond donors (Lipinski definition) is 0. The summed E-state index contributed by atoms with van der Waals surface area (Å²) in [5, 5.41) is 2.08. The number of methoxy groups -OCH3 is 4. The molecular formula is C21H22O4S. The van der Waals surface area contributed by atoms with E-state index in [0.29, 0.717) is 0 Å². The van der Waals surface area contributed by atoms with Crippen molar-refractivity contribution in [1.29, 1.82) is 0 Å². The van der Waals surface area contributed by atoms with E-state index in [9.17, 15) is 0 Å². The lowest BCUT2D eigenvalue weighted by Crippen LogP contribution is -2.06. The molecule has 26 heavy (non-hydrogen) atoms. The van der Waals surface area contributed by atoms with Gasteiger partial charge in [0.25, 0.3) is 0 Å². The fourth-order valence-electron chi connectivity index (χ4n) is 3.04. The second-order valence-corrected chi connectivity index (χ2v) is 6.64. The Morgan fingerprint density at radius 2 is 1.23 bits per heavy atom. The van der Waals surface area contributed by atoms with Crippen LogP contribution in [0.5, 0.6) is 23.0 Å². The third-order valence-corrected chi connectivity index (χ3v) is 5.27. The van der Waals surface area contributed by atoms with Crippen LogP contribution in [-0.2, 0) is 0 Å². The van der Waals surface area contributed by atoms with E-state index >= 15 is 0 Å². The molecule has 0 bridgehead atoms. The standard InChI is InChI=1S/C21H22O4S/c1-22-14-7-9-16(18(12-14)24-3)21(20-6-5-11-26-20)17-10-8-15(23-2)13-19(17)25-4/h5-13,21H,1-4H3. The summed E-state index contributed by atoms with van der Waals surface area (Å²) in [6, 6.07) is 16.0. The van der Waals surface area contributed by atoms with Gasteiger partial charge >= 0.3 is 0 Å². The van der Waals surface area contributed by atoms with E-state index in [2.05, 4.69) is 17.5 Å². The van der Waals surface area contributed by atoms with Crippen LogP contribution in [0.3, 0.4) is 0 Å². The quantitative estimate of drug-likeness (QED) is 0.589. The van der Waals surface area contributed by atoms with E-state index in [1.54, 1.807) is 39.8 Å². The molecule has 0 N–H and O–H groups in total. The number of rotatable bonds is 7. The van der Waals surface area contributed by atoms with Crippen molar-refractivity contribution in [2.75, 3.05) is 28.4 Å². The Morgan fingerprint density at radius 1 is 0.692 bits per heavy atom. The van der Waals surface area contributed by atoms with Crippen molar-refractivity contribution in [1.82, 2.24) is 0 Å². The molecule has 0 spiro atoms. The maximum Gasteiger partial charge on any atom is 0.126 e. The third kappa shape index (κ3) is 3.48. The van der Waals surface area contributed by atoms with Crippen molar-refractivity contribution in [3.05, 3.63) is 69.9 Å². The molecule has 0 amide bonds. The predicted molar refractivity (Wildman–Crippen MR) is 104 cm³/mol. The number of hydrogen-bond acceptors (Lipinski definition) is 5. The summed E-state index contributed by atoms with van der Waals surface area (Å²) in [4.78, 5) is 1.21. The zero-order valence-electron chi connectivity index (χ0n) is 15.3. The predicted octanol–water partition coefficient (Wildman–Crippen LogP) is 4.96. The zero-order chi connectivity index (χ0) is 18.5. The lowest BCUT2D eigenvalue weighted by Gasteiger charge is -2.22. The summed E-state index contributed by atoms with van der Waals surface area (Å²) in [7, 11) is 6.65. The molecule has 3 aromatic rings. The first-order chi connectivity index (χ1) is 12.7. The maximum atomic E-state index is 5.67. The topological polar surface area (TPSA) is 36.9 Å². The SMILES string of the molecule is COc1ccc(C(c2cccs2)c2ccc(OC)cc2OC)c(OC)c1. The Bertz CT molecular complexity index is 803. The van der Waals surface area contributed by atoms with Crippen LogP contribution in [0.4, 0.5) is 0 Å². The molecule has 2 aromatic carbocycles. The lowest BCUT2D eigenvalue weighted by molar-refractivity contribution is 0.386. The van der Waals surface area contributed by atoms with Crippen LogP contribution in [0.15, 0.2) is 53.9 Å². The summed E-state index contributed by atoms with van der Waals surface area (Å²) in [6.07, 6.45) is 0. The maximum absolute atomic E-state index is 5.67. The average Bonchev–Trinajstić information content (AvgIpc) is 3.22. The van der Waals surface area contributed by atoms with Crippen LogP contribution in [0.25, 0.3) is 0 Å². The molecule has 0 radical (unpaired) electrons. The van der Waals surface area contributed by atoms with E-state index in [-0.39, 0.29) is 5.92 Å². The highest BCUT2D eigenvalue weighted by molar-refractivity contribution is 7.10. The first-order valence-corrected chi connectivity index (χ1v) is 9.07. The molecule has 136 valence electrons. The largest absolute Gasteiger partial charge is 0.497 e. The normalized spacial score (nSPS) is 10.7. The van der Waals surface area contributed by atoms with Crippen molar-refractivity contribution in [2.45, 2.75) is 5.92 Å². The summed E-state index contributed by atoms with van der Waals surface area (Å²) in [6.45, 7) is 0. The fraction of sp³-hybridized carbons (Fsp3) is 0.238. The van der Waals surface area contributed by atoms with Gasteiger partial charge in [-0.05, 0) is 23.6 Å². The Labute approximate surface area is 157 Å². The van der Waals surface area contributed by atoms with Crippen LogP contribution in [0.2, 0.25) is 0 Å². The van der Waals surface area contributed by atoms with Crippen molar-refractivity contribution in [3.63, 3.8) is 0 Å². The van der Waals surface area contributed by atoms with E-state index in [1.807, 2.05) is 36.4 Å². The van der Waals surface area contributed by atoms with E-state index < -0.39 is 0 Å². The van der Waals surface area contributed by atoms with Gasteiger partial charge in [-0.25, -0.2) is 0 Å². The average molecular weight is 370 g/mol. The molecule has 4 nitrogen and oxygen atoms in total. The number of benzene rings is 2. The molecule has 0 unspecified atom stereocenters. The Morgan fingerprint density at radius 3 is 1.62 bits per heavy atom. The second kappa shape index (κ2) is 8.15. The van der Waals surface area contributed by atoms with Crippen LogP contribution in [-0.4, -0.2) is 28.4 Å². The van der Waals surface area contributed by atoms with Gasteiger partial charge in [-0.15, -0.1) is 11.3 Å². The molecule has 0 saturated carbocycles. The van der Waals surface area contributed by atoms with Crippen molar-refractivity contribution in [3.8, 4) is 23.0 Å². The highest BCUT2D eigenvalue weighted by atomic mass is 32.1. The van der Waals surface area contributed by atoms with E-state index in [4.69, 9.17) is 18.9 Å². The van der Waals surface area contributed by atoms with Gasteiger partial charge in [0, 0.05) is 28.1 Å². The van der Waals surface area contributed by atoms with Gasteiger partial charge in [-0.3, -0.25) is 0 Å². The summed E-state index contributed by atoms with van der Waals surface area (Å²) < 4.78 is 22.0. The number of ether oxygens (including phenoxy) is 4. The Hall–Kier alpha value is -2.66. The molecule has 0 fully saturated rings. The van der Waals surface area contributed by atoms with Crippen molar-refractivity contribution in [2.24, 2.45) is 0 Å².